The van der Waals surface area contributed by atoms with Crippen molar-refractivity contribution in [2.24, 2.45) is 0 Å². The number of carbonyl (C=O) groups excluding carboxylic acids is 1. The Kier molecular flexibility index (Phi) is 3.16. The molecule has 1 aromatic heterocycles. The first kappa shape index (κ1) is 13.0. The van der Waals surface area contributed by atoms with Gasteiger partial charge in [-0.15, -0.1) is 0 Å². The molecule has 0 saturated heterocycles. The highest BCUT2D eigenvalue weighted by molar-refractivity contribution is 6.40. The van der Waals surface area contributed by atoms with Crippen LogP contribution < -0.4 is 5.73 Å². The number of rotatable bonds is 2. The first-order valence-electron chi connectivity index (χ1n) is 5.92. The third-order valence-corrected chi connectivity index (χ3v) is 3.61. The quantitative estimate of drug-likeness (QED) is 0.548. The van der Waals surface area contributed by atoms with Crippen LogP contribution in [0.25, 0.3) is 10.9 Å². The second-order valence-corrected chi connectivity index (χ2v) is 5.31. The second kappa shape index (κ2) is 4.85. The topological polar surface area (TPSA) is 58.9 Å². The van der Waals surface area contributed by atoms with Crippen molar-refractivity contribution >= 4 is 45.6 Å². The molecule has 0 aliphatic heterocycles. The minimum absolute atomic E-state index is 0.132. The van der Waals surface area contributed by atoms with Crippen LogP contribution in [0, 0.1) is 0 Å². The van der Waals surface area contributed by atoms with Crippen LogP contribution in [0.2, 0.25) is 10.0 Å². The Balaban J connectivity index is 2.18. The number of aromatic amines is 1. The zero-order valence-electron chi connectivity index (χ0n) is 10.3. The van der Waals surface area contributed by atoms with E-state index in [9.17, 15) is 4.79 Å². The summed E-state index contributed by atoms with van der Waals surface area (Å²) < 4.78 is 0. The fourth-order valence-corrected chi connectivity index (χ4v) is 2.79. The predicted molar refractivity (Wildman–Crippen MR) is 82.6 cm³/mol. The van der Waals surface area contributed by atoms with Gasteiger partial charge in [-0.25, -0.2) is 0 Å². The van der Waals surface area contributed by atoms with Crippen molar-refractivity contribution < 1.29 is 4.79 Å². The van der Waals surface area contributed by atoms with Gasteiger partial charge in [0.25, 0.3) is 0 Å². The van der Waals surface area contributed by atoms with Crippen LogP contribution in [-0.2, 0) is 0 Å². The van der Waals surface area contributed by atoms with Gasteiger partial charge in [-0.2, -0.15) is 0 Å². The molecule has 0 unspecified atom stereocenters. The molecule has 0 spiro atoms. The summed E-state index contributed by atoms with van der Waals surface area (Å²) in [4.78, 5) is 15.6. The second-order valence-electron chi connectivity index (χ2n) is 4.47. The third kappa shape index (κ3) is 2.15. The van der Waals surface area contributed by atoms with Crippen molar-refractivity contribution in [2.45, 2.75) is 0 Å². The molecule has 100 valence electrons. The van der Waals surface area contributed by atoms with Crippen LogP contribution in [0.4, 0.5) is 5.69 Å². The molecule has 0 aliphatic rings. The van der Waals surface area contributed by atoms with Gasteiger partial charge in [0.15, 0.2) is 5.78 Å². The normalized spacial score (nSPS) is 10.9. The average molecular weight is 305 g/mol. The van der Waals surface area contributed by atoms with Crippen molar-refractivity contribution in [1.29, 1.82) is 0 Å². The van der Waals surface area contributed by atoms with Crippen LogP contribution >= 0.6 is 23.2 Å². The van der Waals surface area contributed by atoms with Gasteiger partial charge in [-0.3, -0.25) is 4.79 Å². The zero-order chi connectivity index (χ0) is 14.3. The maximum absolute atomic E-state index is 12.5. The number of nitrogens with two attached hydrogens (primary N) is 1. The summed E-state index contributed by atoms with van der Waals surface area (Å²) in [6, 6.07) is 10.2. The van der Waals surface area contributed by atoms with Crippen LogP contribution in [0.1, 0.15) is 15.9 Å². The molecule has 3 aromatic rings. The minimum Gasteiger partial charge on any atom is -0.399 e. The molecule has 5 heteroatoms. The van der Waals surface area contributed by atoms with E-state index >= 15 is 0 Å². The Morgan fingerprint density at radius 3 is 2.70 bits per heavy atom. The smallest absolute Gasteiger partial charge is 0.195 e. The summed E-state index contributed by atoms with van der Waals surface area (Å²) >= 11 is 12.1. The van der Waals surface area contributed by atoms with Gasteiger partial charge in [0, 0.05) is 38.9 Å². The number of carbonyl (C=O) groups is 1. The van der Waals surface area contributed by atoms with E-state index in [0.717, 1.165) is 5.52 Å². The van der Waals surface area contributed by atoms with E-state index in [1.165, 1.54) is 0 Å². The number of fused-ring (bicyclic) bond motifs is 1. The fourth-order valence-electron chi connectivity index (χ4n) is 2.20. The van der Waals surface area contributed by atoms with Crippen LogP contribution in [0.15, 0.2) is 42.6 Å². The van der Waals surface area contributed by atoms with Crippen molar-refractivity contribution in [3.63, 3.8) is 0 Å². The Morgan fingerprint density at radius 2 is 1.95 bits per heavy atom. The van der Waals surface area contributed by atoms with Crippen LogP contribution in [-0.4, -0.2) is 10.8 Å². The molecule has 0 amide bonds. The molecule has 0 atom stereocenters. The molecule has 0 bridgehead atoms. The Bertz CT molecular complexity index is 824. The van der Waals surface area contributed by atoms with Gasteiger partial charge in [0.1, 0.15) is 0 Å². The number of hydrogen-bond acceptors (Lipinski definition) is 2. The van der Waals surface area contributed by atoms with Crippen LogP contribution in [0.5, 0.6) is 0 Å². The fraction of sp³-hybridized carbons (Fsp3) is 0. The highest BCUT2D eigenvalue weighted by atomic mass is 35.5. The van der Waals surface area contributed by atoms with E-state index in [1.807, 2.05) is 0 Å². The Morgan fingerprint density at radius 1 is 1.15 bits per heavy atom. The standard InChI is InChI=1S/C15H10Cl2N2O/c16-9-5-12(17)14-11(7-19-13(14)6-9)15(20)8-2-1-3-10(18)4-8/h1-7,19H,18H2. The maximum atomic E-state index is 12.5. The van der Waals surface area contributed by atoms with E-state index in [2.05, 4.69) is 4.98 Å². The van der Waals surface area contributed by atoms with Gasteiger partial charge >= 0.3 is 0 Å². The van der Waals surface area contributed by atoms with Crippen molar-refractivity contribution in [3.05, 3.63) is 63.8 Å². The maximum Gasteiger partial charge on any atom is 0.195 e. The number of anilines is 1. The van der Waals surface area contributed by atoms with E-state index in [1.54, 1.807) is 42.6 Å². The first-order valence-corrected chi connectivity index (χ1v) is 6.68. The van der Waals surface area contributed by atoms with E-state index < -0.39 is 0 Å². The molecule has 2 aromatic carbocycles. The molecule has 3 rings (SSSR count). The highest BCUT2D eigenvalue weighted by Gasteiger charge is 2.17. The molecule has 1 heterocycles. The van der Waals surface area contributed by atoms with Gasteiger partial charge in [0.2, 0.25) is 0 Å². The van der Waals surface area contributed by atoms with Crippen molar-refractivity contribution in [1.82, 2.24) is 4.98 Å². The number of H-pyrrole nitrogens is 1. The number of hydrogen-bond donors (Lipinski definition) is 2. The SMILES string of the molecule is Nc1cccc(C(=O)c2c[nH]c3cc(Cl)cc(Cl)c23)c1. The lowest BCUT2D eigenvalue weighted by Gasteiger charge is -2.03. The van der Waals surface area contributed by atoms with Gasteiger partial charge in [-0.1, -0.05) is 35.3 Å². The van der Waals surface area contributed by atoms with E-state index in [4.69, 9.17) is 28.9 Å². The van der Waals surface area contributed by atoms with Gasteiger partial charge in [0.05, 0.1) is 5.02 Å². The molecule has 0 saturated carbocycles. The lowest BCUT2D eigenvalue weighted by atomic mass is 10.0. The number of aromatic nitrogens is 1. The number of benzene rings is 2. The number of ketones is 1. The molecular weight excluding hydrogens is 295 g/mol. The lowest BCUT2D eigenvalue weighted by Crippen LogP contribution is -2.01. The van der Waals surface area contributed by atoms with Crippen LogP contribution in [0.3, 0.4) is 0 Å². The van der Waals surface area contributed by atoms with E-state index in [-0.39, 0.29) is 5.78 Å². The predicted octanol–water partition coefficient (Wildman–Crippen LogP) is 4.29. The van der Waals surface area contributed by atoms with Gasteiger partial charge < -0.3 is 10.7 Å². The zero-order valence-corrected chi connectivity index (χ0v) is 11.8. The Hall–Kier alpha value is -1.97. The monoisotopic (exact) mass is 304 g/mol. The molecule has 0 aliphatic carbocycles. The molecule has 0 fully saturated rings. The Labute approximate surface area is 125 Å². The highest BCUT2D eigenvalue weighted by Crippen LogP contribution is 2.31. The third-order valence-electron chi connectivity index (χ3n) is 3.09. The summed E-state index contributed by atoms with van der Waals surface area (Å²) in [5.41, 5.74) is 8.02. The number of nitrogen functional groups attached to an aromatic ring is 1. The van der Waals surface area contributed by atoms with Crippen molar-refractivity contribution in [2.75, 3.05) is 5.73 Å². The number of nitrogens with one attached hydrogen (secondary N) is 1. The summed E-state index contributed by atoms with van der Waals surface area (Å²) in [6.07, 6.45) is 1.64. The van der Waals surface area contributed by atoms with E-state index in [0.29, 0.717) is 32.2 Å². The number of halogens is 2. The molecule has 0 radical (unpaired) electrons. The van der Waals surface area contributed by atoms with Crippen molar-refractivity contribution in [3.8, 4) is 0 Å². The molecule has 3 N–H and O–H groups in total. The summed E-state index contributed by atoms with van der Waals surface area (Å²) in [5.74, 6) is -0.132. The molecule has 20 heavy (non-hydrogen) atoms. The average Bonchev–Trinajstić information content (AvgIpc) is 2.81. The summed E-state index contributed by atoms with van der Waals surface area (Å²) in [7, 11) is 0. The summed E-state index contributed by atoms with van der Waals surface area (Å²) in [5, 5.41) is 1.64. The molecule has 3 nitrogen and oxygen atoms in total. The lowest BCUT2D eigenvalue weighted by molar-refractivity contribution is 0.104. The summed E-state index contributed by atoms with van der Waals surface area (Å²) in [6.45, 7) is 0. The first-order chi connectivity index (χ1) is 9.56. The molecular formula is C15H10Cl2N2O. The largest absolute Gasteiger partial charge is 0.399 e. The van der Waals surface area contributed by atoms with Gasteiger partial charge in [-0.05, 0) is 24.3 Å². The minimum atomic E-state index is -0.132.